The van der Waals surface area contributed by atoms with Crippen LogP contribution in [0.4, 0.5) is 4.79 Å². The van der Waals surface area contributed by atoms with E-state index < -0.39 is 80.8 Å². The summed E-state index contributed by atoms with van der Waals surface area (Å²) in [5, 5.41) is 13.0. The van der Waals surface area contributed by atoms with Gasteiger partial charge in [-0.25, -0.2) is 9.59 Å². The average molecular weight is 629 g/mol. The molecule has 16 nitrogen and oxygen atoms in total. The lowest BCUT2D eigenvalue weighted by atomic mass is 9.98. The van der Waals surface area contributed by atoms with E-state index in [0.717, 1.165) is 21.5 Å². The number of β-lactam (4-membered cyclic amide) rings is 1. The second kappa shape index (κ2) is 12.1. The number of methoxy groups -OCH3 is 1. The van der Waals surface area contributed by atoms with E-state index in [1.807, 2.05) is 0 Å². The summed E-state index contributed by atoms with van der Waals surface area (Å²) in [6.07, 6.45) is -1.92. The summed E-state index contributed by atoms with van der Waals surface area (Å²) in [5.74, 6) is -2.84. The van der Waals surface area contributed by atoms with Crippen molar-refractivity contribution in [1.29, 1.82) is 0 Å². The molecule has 3 heterocycles. The average Bonchev–Trinajstić information content (AvgIpc) is 3.34. The summed E-state index contributed by atoms with van der Waals surface area (Å²) in [7, 11) is -9.13. The highest BCUT2D eigenvalue weighted by Crippen LogP contribution is 2.61. The van der Waals surface area contributed by atoms with Gasteiger partial charge in [0.05, 0.1) is 6.42 Å². The lowest BCUT2D eigenvalue weighted by Crippen LogP contribution is -2.80. The van der Waals surface area contributed by atoms with E-state index >= 15 is 0 Å². The summed E-state index contributed by atoms with van der Waals surface area (Å²) in [6.45, 7) is -1.14. The smallest absolute Gasteiger partial charge is 0.407 e. The number of aliphatic carboxylic acids is 1. The van der Waals surface area contributed by atoms with E-state index in [1.54, 1.807) is 17.5 Å². The van der Waals surface area contributed by atoms with Gasteiger partial charge in [-0.15, -0.1) is 23.1 Å². The first-order valence-corrected chi connectivity index (χ1v) is 16.2. The predicted octanol–water partition coefficient (Wildman–Crippen LogP) is -0.199. The van der Waals surface area contributed by atoms with Gasteiger partial charge in [0.25, 0.3) is 11.6 Å². The number of ether oxygens (including phenoxy) is 2. The quantitative estimate of drug-likeness (QED) is 0.0899. The number of hydrogen-bond acceptors (Lipinski definition) is 10. The van der Waals surface area contributed by atoms with Crippen molar-refractivity contribution in [3.63, 3.8) is 0 Å². The van der Waals surface area contributed by atoms with Crippen LogP contribution < -0.4 is 10.6 Å². The normalized spacial score (nSPS) is 21.3. The zero-order valence-electron chi connectivity index (χ0n) is 20.1. The fourth-order valence-electron chi connectivity index (χ4n) is 3.92. The van der Waals surface area contributed by atoms with E-state index in [1.165, 1.54) is 18.4 Å². The van der Waals surface area contributed by atoms with Crippen LogP contribution in [-0.2, 0) is 39.4 Å². The van der Waals surface area contributed by atoms with Crippen molar-refractivity contribution in [2.75, 3.05) is 26.0 Å². The number of carboxylic acid groups (broad SMARTS) is 1. The maximum Gasteiger partial charge on any atom is 0.407 e. The highest BCUT2D eigenvalue weighted by molar-refractivity contribution is 8.00. The molecule has 1 unspecified atom stereocenters. The zero-order valence-corrected chi connectivity index (χ0v) is 23.5. The van der Waals surface area contributed by atoms with Crippen LogP contribution in [-0.4, -0.2) is 96.0 Å². The van der Waals surface area contributed by atoms with Crippen molar-refractivity contribution in [2.24, 2.45) is 0 Å². The number of carbonyl (C=O) groups excluding carboxylic acids is 3. The molecule has 2 aliphatic rings. The molecule has 0 saturated carbocycles. The minimum atomic E-state index is -5.17. The van der Waals surface area contributed by atoms with Crippen LogP contribution in [0.5, 0.6) is 0 Å². The summed E-state index contributed by atoms with van der Waals surface area (Å²) in [4.78, 5) is 87.8. The van der Waals surface area contributed by atoms with Gasteiger partial charge in [0.2, 0.25) is 5.91 Å². The summed E-state index contributed by atoms with van der Waals surface area (Å²) < 4.78 is 32.9. The number of amides is 3. The van der Waals surface area contributed by atoms with Crippen molar-refractivity contribution in [1.82, 2.24) is 15.5 Å². The Morgan fingerprint density at radius 1 is 1.23 bits per heavy atom. The van der Waals surface area contributed by atoms with Crippen LogP contribution in [0.15, 0.2) is 28.8 Å². The molecule has 3 rings (SSSR count). The molecule has 0 spiro atoms. The van der Waals surface area contributed by atoms with Gasteiger partial charge in [0, 0.05) is 29.9 Å². The van der Waals surface area contributed by atoms with Crippen LogP contribution in [0.25, 0.3) is 0 Å². The Labute approximate surface area is 229 Å². The van der Waals surface area contributed by atoms with Crippen LogP contribution in [0.1, 0.15) is 11.3 Å². The summed E-state index contributed by atoms with van der Waals surface area (Å²) in [5.41, 5.74) is -2.21. The summed E-state index contributed by atoms with van der Waals surface area (Å²) >= 11 is 2.42. The molecule has 39 heavy (non-hydrogen) atoms. The molecule has 1 aromatic heterocycles. The maximum atomic E-state index is 13.1. The Hall–Kier alpha value is -2.27. The van der Waals surface area contributed by atoms with Gasteiger partial charge in [0.1, 0.15) is 17.7 Å². The monoisotopic (exact) mass is 629 g/mol. The zero-order chi connectivity index (χ0) is 29.2. The number of alkyl carbamates (subject to hydrolysis) is 1. The highest BCUT2D eigenvalue weighted by Gasteiger charge is 2.66. The molecule has 0 bridgehead atoms. The lowest BCUT2D eigenvalue weighted by molar-refractivity contribution is -0.192. The van der Waals surface area contributed by atoms with Gasteiger partial charge in [0.15, 0.2) is 5.40 Å². The Balaban J connectivity index is 1.64. The lowest BCUT2D eigenvalue weighted by Gasteiger charge is -2.55. The largest absolute Gasteiger partial charge is 0.477 e. The SMILES string of the molecule is COC1(NC(=O)Cc2cccs2)C(=O)N2C(C(=O)O)=C(COC(=O)NCCC(P(=O)(O)O)P(=O)(O)O)CS[C@H]21. The molecule has 7 N–H and O–H groups in total. The fraction of sp³-hybridized carbons (Fsp3) is 0.474. The standard InChI is InChI=1S/C19H25N3O13P2S2/c1-34-19(21-12(23)7-11-3-2-6-38-11)16(26)22-14(15(24)25)10(9-39-17(19)22)8-35-18(27)20-5-4-13(36(28,29)30)37(31,32)33/h2-3,6,13,17H,4-5,7-9H2,1H3,(H,20,27)(H,21,23)(H,24,25)(H2,28,29,30)(H2,31,32,33)/t17-,19?/m0/s1. The molecule has 1 fully saturated rings. The minimum absolute atomic E-state index is 0.00760. The molecule has 216 valence electrons. The van der Waals surface area contributed by atoms with Gasteiger partial charge < -0.3 is 44.8 Å². The van der Waals surface area contributed by atoms with E-state index in [2.05, 4.69) is 10.6 Å². The Bertz CT molecular complexity index is 1240. The number of fused-ring (bicyclic) bond motifs is 1. The van der Waals surface area contributed by atoms with Crippen LogP contribution in [0.3, 0.4) is 0 Å². The third kappa shape index (κ3) is 6.90. The number of nitrogens with one attached hydrogen (secondary N) is 2. The number of thioether (sulfide) groups is 1. The maximum absolute atomic E-state index is 13.1. The number of nitrogens with zero attached hydrogens (tertiary/aromatic N) is 1. The van der Waals surface area contributed by atoms with E-state index in [0.29, 0.717) is 0 Å². The van der Waals surface area contributed by atoms with Crippen LogP contribution in [0, 0.1) is 0 Å². The molecule has 1 saturated heterocycles. The van der Waals surface area contributed by atoms with E-state index in [4.69, 9.17) is 29.0 Å². The van der Waals surface area contributed by atoms with Gasteiger partial charge in [-0.3, -0.25) is 23.6 Å². The molecule has 2 aliphatic heterocycles. The Kier molecular flexibility index (Phi) is 9.68. The van der Waals surface area contributed by atoms with Crippen LogP contribution in [0.2, 0.25) is 0 Å². The third-order valence-electron chi connectivity index (χ3n) is 5.70. The predicted molar refractivity (Wildman–Crippen MR) is 136 cm³/mol. The third-order valence-corrected chi connectivity index (χ3v) is 11.8. The molecule has 20 heteroatoms. The topological polar surface area (TPSA) is 249 Å². The molecular weight excluding hydrogens is 604 g/mol. The summed E-state index contributed by atoms with van der Waals surface area (Å²) in [6, 6.07) is 3.51. The molecule has 0 aliphatic carbocycles. The molecule has 1 aromatic rings. The van der Waals surface area contributed by atoms with Gasteiger partial charge in [-0.05, 0) is 17.9 Å². The number of hydrogen-bond donors (Lipinski definition) is 7. The molecule has 3 amide bonds. The van der Waals surface area contributed by atoms with Crippen molar-refractivity contribution < 1.29 is 62.5 Å². The van der Waals surface area contributed by atoms with Gasteiger partial charge in [-0.1, -0.05) is 6.07 Å². The second-order valence-corrected chi connectivity index (χ2v) is 14.4. The number of carboxylic acids is 1. The molecular formula is C19H25N3O13P2S2. The van der Waals surface area contributed by atoms with Crippen LogP contribution >= 0.6 is 38.3 Å². The Morgan fingerprint density at radius 2 is 1.90 bits per heavy atom. The molecule has 0 aromatic carbocycles. The number of carbonyl (C=O) groups is 4. The second-order valence-electron chi connectivity index (χ2n) is 8.29. The van der Waals surface area contributed by atoms with E-state index in [9.17, 15) is 33.4 Å². The first-order chi connectivity index (χ1) is 18.1. The van der Waals surface area contributed by atoms with Crippen molar-refractivity contribution >= 4 is 62.2 Å². The van der Waals surface area contributed by atoms with Crippen molar-refractivity contribution in [3.05, 3.63) is 33.7 Å². The molecule has 0 radical (unpaired) electrons. The van der Waals surface area contributed by atoms with E-state index in [-0.39, 0.29) is 17.7 Å². The van der Waals surface area contributed by atoms with Crippen molar-refractivity contribution in [2.45, 2.75) is 29.3 Å². The molecule has 2 atom stereocenters. The van der Waals surface area contributed by atoms with Gasteiger partial charge in [-0.2, -0.15) is 0 Å². The fourth-order valence-corrected chi connectivity index (χ4v) is 8.54. The number of thiophene rings is 1. The van der Waals surface area contributed by atoms with Gasteiger partial charge >= 0.3 is 27.3 Å². The first kappa shape index (κ1) is 31.3. The highest BCUT2D eigenvalue weighted by atomic mass is 32.2. The minimum Gasteiger partial charge on any atom is -0.477 e. The number of rotatable bonds is 12. The first-order valence-electron chi connectivity index (χ1n) is 10.9. The van der Waals surface area contributed by atoms with Crippen molar-refractivity contribution in [3.8, 4) is 0 Å². The Morgan fingerprint density at radius 3 is 2.44 bits per heavy atom.